The smallest absolute Gasteiger partial charge is 0.254 e. The lowest BCUT2D eigenvalue weighted by Crippen LogP contribution is -2.34. The van der Waals surface area contributed by atoms with E-state index >= 15 is 0 Å². The Bertz CT molecular complexity index is 434. The molecule has 0 aromatic heterocycles. The minimum absolute atomic E-state index is 0.279. The number of amides is 1. The zero-order chi connectivity index (χ0) is 12.3. The average molecular weight is 257 g/mol. The lowest BCUT2D eigenvalue weighted by atomic mass is 10.2. The van der Waals surface area contributed by atoms with E-state index in [9.17, 15) is 4.79 Å². The molecule has 0 saturated carbocycles. The van der Waals surface area contributed by atoms with Gasteiger partial charge in [0.2, 0.25) is 0 Å². The van der Waals surface area contributed by atoms with Crippen molar-refractivity contribution in [3.8, 4) is 6.07 Å². The van der Waals surface area contributed by atoms with Crippen LogP contribution in [0.4, 0.5) is 0 Å². The molecule has 0 spiro atoms. The molecule has 0 aliphatic carbocycles. The molecule has 0 heterocycles. The fourth-order valence-electron chi connectivity index (χ4n) is 1.14. The van der Waals surface area contributed by atoms with Crippen LogP contribution in [0.2, 0.25) is 10.0 Å². The molecule has 1 aromatic carbocycles. The third-order valence-electron chi connectivity index (χ3n) is 2.20. The van der Waals surface area contributed by atoms with Crippen molar-refractivity contribution in [3.63, 3.8) is 0 Å². The normalized spacial score (nSPS) is 11.7. The summed E-state index contributed by atoms with van der Waals surface area (Å²) < 4.78 is 0. The fraction of sp³-hybridized carbons (Fsp3) is 0.273. The summed E-state index contributed by atoms with van der Waals surface area (Å²) in [7, 11) is 1.56. The van der Waals surface area contributed by atoms with Crippen LogP contribution in [0.3, 0.4) is 0 Å². The maximum absolute atomic E-state index is 11.9. The van der Waals surface area contributed by atoms with Gasteiger partial charge in [-0.15, -0.1) is 0 Å². The van der Waals surface area contributed by atoms with Crippen LogP contribution in [-0.4, -0.2) is 23.9 Å². The molecule has 0 N–H and O–H groups in total. The van der Waals surface area contributed by atoms with Crippen LogP contribution in [0.5, 0.6) is 0 Å². The van der Waals surface area contributed by atoms with E-state index in [4.69, 9.17) is 28.5 Å². The molecule has 16 heavy (non-hydrogen) atoms. The number of hydrogen-bond donors (Lipinski definition) is 0. The van der Waals surface area contributed by atoms with Crippen LogP contribution in [0.1, 0.15) is 17.3 Å². The maximum atomic E-state index is 11.9. The van der Waals surface area contributed by atoms with Gasteiger partial charge in [-0.1, -0.05) is 23.2 Å². The van der Waals surface area contributed by atoms with Gasteiger partial charge in [0.1, 0.15) is 6.04 Å². The molecular formula is C11H10Cl2N2O. The molecule has 5 heteroatoms. The molecule has 1 rings (SSSR count). The Morgan fingerprint density at radius 2 is 1.88 bits per heavy atom. The Kier molecular flexibility index (Phi) is 4.17. The van der Waals surface area contributed by atoms with E-state index in [1.165, 1.54) is 17.0 Å². The highest BCUT2D eigenvalue weighted by atomic mass is 35.5. The van der Waals surface area contributed by atoms with Crippen molar-refractivity contribution in [1.82, 2.24) is 4.90 Å². The Balaban J connectivity index is 3.01. The predicted molar refractivity (Wildman–Crippen MR) is 63.6 cm³/mol. The van der Waals surface area contributed by atoms with Gasteiger partial charge >= 0.3 is 0 Å². The molecule has 1 amide bonds. The molecule has 0 aliphatic heterocycles. The number of carbonyl (C=O) groups excluding carboxylic acids is 1. The number of carbonyl (C=O) groups is 1. The first-order chi connectivity index (χ1) is 7.45. The van der Waals surface area contributed by atoms with Crippen LogP contribution in [0.15, 0.2) is 18.2 Å². The summed E-state index contributed by atoms with van der Waals surface area (Å²) in [5.74, 6) is -0.279. The van der Waals surface area contributed by atoms with Gasteiger partial charge in [-0.3, -0.25) is 4.79 Å². The molecular weight excluding hydrogens is 247 g/mol. The van der Waals surface area contributed by atoms with Gasteiger partial charge < -0.3 is 4.90 Å². The Labute approximate surface area is 104 Å². The Morgan fingerprint density at radius 3 is 2.31 bits per heavy atom. The van der Waals surface area contributed by atoms with Gasteiger partial charge in [0, 0.05) is 22.7 Å². The van der Waals surface area contributed by atoms with E-state index in [-0.39, 0.29) is 5.91 Å². The van der Waals surface area contributed by atoms with Crippen molar-refractivity contribution in [2.45, 2.75) is 13.0 Å². The number of benzene rings is 1. The van der Waals surface area contributed by atoms with Gasteiger partial charge in [-0.25, -0.2) is 0 Å². The van der Waals surface area contributed by atoms with Crippen LogP contribution < -0.4 is 0 Å². The second-order valence-electron chi connectivity index (χ2n) is 3.38. The first-order valence-electron chi connectivity index (χ1n) is 4.58. The number of nitrogens with zero attached hydrogens (tertiary/aromatic N) is 2. The highest BCUT2D eigenvalue weighted by Gasteiger charge is 2.17. The molecule has 3 nitrogen and oxygen atoms in total. The number of halogens is 2. The summed E-state index contributed by atoms with van der Waals surface area (Å²) in [6.07, 6.45) is 0. The predicted octanol–water partition coefficient (Wildman–Crippen LogP) is 2.98. The molecule has 0 saturated heterocycles. The molecule has 0 fully saturated rings. The van der Waals surface area contributed by atoms with Crippen molar-refractivity contribution < 1.29 is 4.79 Å². The SMILES string of the molecule is CC(C#N)N(C)C(=O)c1cc(Cl)cc(Cl)c1. The minimum atomic E-state index is -0.495. The van der Waals surface area contributed by atoms with Crippen LogP contribution in [0, 0.1) is 11.3 Å². The van der Waals surface area contributed by atoms with Crippen molar-refractivity contribution in [3.05, 3.63) is 33.8 Å². The number of rotatable bonds is 2. The fourth-order valence-corrected chi connectivity index (χ4v) is 1.67. The van der Waals surface area contributed by atoms with Gasteiger partial charge in [-0.2, -0.15) is 5.26 Å². The van der Waals surface area contributed by atoms with E-state index in [0.717, 1.165) is 0 Å². The summed E-state index contributed by atoms with van der Waals surface area (Å²) in [6.45, 7) is 1.64. The van der Waals surface area contributed by atoms with Gasteiger partial charge in [-0.05, 0) is 25.1 Å². The minimum Gasteiger partial charge on any atom is -0.326 e. The maximum Gasteiger partial charge on any atom is 0.254 e. The van der Waals surface area contributed by atoms with Crippen molar-refractivity contribution in [2.24, 2.45) is 0 Å². The summed E-state index contributed by atoms with van der Waals surface area (Å²) in [5.41, 5.74) is 0.377. The molecule has 0 radical (unpaired) electrons. The van der Waals surface area contributed by atoms with Gasteiger partial charge in [0.25, 0.3) is 5.91 Å². The van der Waals surface area contributed by atoms with Crippen molar-refractivity contribution in [2.75, 3.05) is 7.05 Å². The van der Waals surface area contributed by atoms with Gasteiger partial charge in [0.05, 0.1) is 6.07 Å². The Hall–Kier alpha value is -1.24. The number of hydrogen-bond acceptors (Lipinski definition) is 2. The van der Waals surface area contributed by atoms with Crippen molar-refractivity contribution in [1.29, 1.82) is 5.26 Å². The molecule has 0 aliphatic rings. The Morgan fingerprint density at radius 1 is 1.38 bits per heavy atom. The molecule has 1 unspecified atom stereocenters. The van der Waals surface area contributed by atoms with Crippen molar-refractivity contribution >= 4 is 29.1 Å². The summed E-state index contributed by atoms with van der Waals surface area (Å²) in [6, 6.07) is 6.09. The largest absolute Gasteiger partial charge is 0.326 e. The first kappa shape index (κ1) is 12.8. The third kappa shape index (κ3) is 2.88. The van der Waals surface area contributed by atoms with E-state index in [0.29, 0.717) is 15.6 Å². The lowest BCUT2D eigenvalue weighted by molar-refractivity contribution is 0.0773. The van der Waals surface area contributed by atoms with E-state index < -0.39 is 6.04 Å². The zero-order valence-electron chi connectivity index (χ0n) is 8.87. The highest BCUT2D eigenvalue weighted by Crippen LogP contribution is 2.20. The van der Waals surface area contributed by atoms with E-state index in [1.807, 2.05) is 6.07 Å². The first-order valence-corrected chi connectivity index (χ1v) is 5.34. The lowest BCUT2D eigenvalue weighted by Gasteiger charge is -2.19. The molecule has 84 valence electrons. The summed E-state index contributed by atoms with van der Waals surface area (Å²) >= 11 is 11.6. The molecule has 1 aromatic rings. The molecule has 0 bridgehead atoms. The van der Waals surface area contributed by atoms with E-state index in [2.05, 4.69) is 0 Å². The van der Waals surface area contributed by atoms with Crippen LogP contribution in [0.25, 0.3) is 0 Å². The summed E-state index contributed by atoms with van der Waals surface area (Å²) in [4.78, 5) is 13.2. The van der Waals surface area contributed by atoms with Crippen LogP contribution in [-0.2, 0) is 0 Å². The third-order valence-corrected chi connectivity index (χ3v) is 2.63. The summed E-state index contributed by atoms with van der Waals surface area (Å²) in [5, 5.41) is 9.51. The number of nitriles is 1. The van der Waals surface area contributed by atoms with Crippen LogP contribution >= 0.6 is 23.2 Å². The average Bonchev–Trinajstić information content (AvgIpc) is 2.24. The monoisotopic (exact) mass is 256 g/mol. The van der Waals surface area contributed by atoms with Gasteiger partial charge in [0.15, 0.2) is 0 Å². The zero-order valence-corrected chi connectivity index (χ0v) is 10.4. The topological polar surface area (TPSA) is 44.1 Å². The highest BCUT2D eigenvalue weighted by molar-refractivity contribution is 6.35. The molecule has 1 atom stereocenters. The standard InChI is InChI=1S/C11H10Cl2N2O/c1-7(6-14)15(2)11(16)8-3-9(12)5-10(13)4-8/h3-5,7H,1-2H3. The van der Waals surface area contributed by atoms with E-state index in [1.54, 1.807) is 20.0 Å². The second kappa shape index (κ2) is 5.20. The second-order valence-corrected chi connectivity index (χ2v) is 4.25. The quantitative estimate of drug-likeness (QED) is 0.817.